The molecule has 0 radical (unpaired) electrons. The van der Waals surface area contributed by atoms with Crippen LogP contribution in [0.2, 0.25) is 0 Å². The Hall–Kier alpha value is -3.12. The number of ether oxygens (including phenoxy) is 1. The summed E-state index contributed by atoms with van der Waals surface area (Å²) in [5.41, 5.74) is 5.24. The lowest BCUT2D eigenvalue weighted by Gasteiger charge is -2.09. The molecule has 28 heavy (non-hydrogen) atoms. The zero-order valence-corrected chi connectivity index (χ0v) is 16.7. The van der Waals surface area contributed by atoms with Crippen LogP contribution in [-0.4, -0.2) is 18.7 Å². The van der Waals surface area contributed by atoms with Gasteiger partial charge in [0.15, 0.2) is 0 Å². The van der Waals surface area contributed by atoms with Gasteiger partial charge < -0.3 is 10.1 Å². The number of nitrogens with one attached hydrogen (secondary N) is 2. The number of benzene rings is 3. The minimum atomic E-state index is -0.229. The van der Waals surface area contributed by atoms with Crippen molar-refractivity contribution in [3.63, 3.8) is 0 Å². The van der Waals surface area contributed by atoms with Crippen LogP contribution in [0.4, 0.5) is 5.69 Å². The fourth-order valence-corrected chi connectivity index (χ4v) is 2.90. The Bertz CT molecular complexity index is 945. The van der Waals surface area contributed by atoms with Crippen molar-refractivity contribution in [3.8, 4) is 5.75 Å². The van der Waals surface area contributed by atoms with Crippen LogP contribution in [0.15, 0.2) is 88.4 Å². The molecule has 3 aromatic carbocycles. The molecule has 0 unspecified atom stereocenters. The highest BCUT2D eigenvalue weighted by Gasteiger charge is 2.03. The second-order valence-corrected chi connectivity index (χ2v) is 6.88. The first-order chi connectivity index (χ1) is 13.7. The van der Waals surface area contributed by atoms with Gasteiger partial charge in [0.25, 0.3) is 5.91 Å². The number of nitrogens with zero attached hydrogens (tertiary/aromatic N) is 1. The molecule has 142 valence electrons. The molecule has 0 aromatic heterocycles. The number of anilines is 1. The van der Waals surface area contributed by atoms with Crippen LogP contribution >= 0.6 is 15.9 Å². The second kappa shape index (κ2) is 10.3. The quantitative estimate of drug-likeness (QED) is 0.400. The van der Waals surface area contributed by atoms with Gasteiger partial charge in [0.2, 0.25) is 0 Å². The fourth-order valence-electron chi connectivity index (χ4n) is 2.46. The molecule has 1 amide bonds. The Balaban J connectivity index is 1.53. The molecular formula is C22H20BrN3O2. The molecule has 2 N–H and O–H groups in total. The molecule has 0 spiro atoms. The number of hydrogen-bond acceptors (Lipinski definition) is 4. The highest BCUT2D eigenvalue weighted by atomic mass is 79.9. The number of carbonyl (C=O) groups excluding carboxylic acids is 1. The zero-order valence-electron chi connectivity index (χ0n) is 15.1. The molecule has 5 nitrogen and oxygen atoms in total. The first-order valence-electron chi connectivity index (χ1n) is 8.78. The van der Waals surface area contributed by atoms with Gasteiger partial charge in [-0.15, -0.1) is 0 Å². The molecule has 0 heterocycles. The summed E-state index contributed by atoms with van der Waals surface area (Å²) in [5, 5.41) is 7.06. The lowest BCUT2D eigenvalue weighted by molar-refractivity contribution is -0.119. The van der Waals surface area contributed by atoms with E-state index in [1.165, 1.54) is 0 Å². The van der Waals surface area contributed by atoms with Gasteiger partial charge in [-0.2, -0.15) is 5.10 Å². The highest BCUT2D eigenvalue weighted by molar-refractivity contribution is 9.10. The summed E-state index contributed by atoms with van der Waals surface area (Å²) in [6.45, 7) is 0.583. The van der Waals surface area contributed by atoms with Crippen molar-refractivity contribution in [2.24, 2.45) is 5.10 Å². The summed E-state index contributed by atoms with van der Waals surface area (Å²) in [5.74, 6) is 0.468. The molecule has 3 aromatic rings. The summed E-state index contributed by atoms with van der Waals surface area (Å²) < 4.78 is 6.91. The van der Waals surface area contributed by atoms with Crippen LogP contribution in [0.25, 0.3) is 0 Å². The van der Waals surface area contributed by atoms with Gasteiger partial charge in [-0.05, 0) is 42.0 Å². The van der Waals surface area contributed by atoms with Crippen molar-refractivity contribution in [2.75, 3.05) is 11.9 Å². The predicted octanol–water partition coefficient (Wildman–Crippen LogP) is 4.59. The van der Waals surface area contributed by atoms with Crippen molar-refractivity contribution in [1.82, 2.24) is 5.43 Å². The summed E-state index contributed by atoms with van der Waals surface area (Å²) in [6.07, 6.45) is 1.58. The van der Waals surface area contributed by atoms with Crippen LogP contribution in [-0.2, 0) is 11.4 Å². The molecule has 3 rings (SSSR count). The molecule has 0 bridgehead atoms. The van der Waals surface area contributed by atoms with Crippen LogP contribution in [0.5, 0.6) is 5.75 Å². The molecule has 0 atom stereocenters. The van der Waals surface area contributed by atoms with Crippen LogP contribution in [0.1, 0.15) is 11.1 Å². The number of para-hydroxylation sites is 2. The summed E-state index contributed by atoms with van der Waals surface area (Å²) in [4.78, 5) is 11.9. The molecule has 6 heteroatoms. The van der Waals surface area contributed by atoms with Gasteiger partial charge in [-0.1, -0.05) is 58.4 Å². The second-order valence-electron chi connectivity index (χ2n) is 5.97. The van der Waals surface area contributed by atoms with Gasteiger partial charge in [0, 0.05) is 15.7 Å². The SMILES string of the molecule is O=C(CNc1ccccc1)NN=Cc1ccccc1OCc1cccc(Br)c1. The maximum atomic E-state index is 11.9. The van der Waals surface area contributed by atoms with E-state index in [4.69, 9.17) is 4.74 Å². The van der Waals surface area contributed by atoms with E-state index in [1.54, 1.807) is 6.21 Å². The van der Waals surface area contributed by atoms with E-state index in [0.717, 1.165) is 21.3 Å². The largest absolute Gasteiger partial charge is 0.488 e. The maximum Gasteiger partial charge on any atom is 0.259 e. The van der Waals surface area contributed by atoms with Gasteiger partial charge >= 0.3 is 0 Å². The van der Waals surface area contributed by atoms with Gasteiger partial charge in [0.1, 0.15) is 12.4 Å². The molecule has 0 fully saturated rings. The molecule has 0 aliphatic carbocycles. The van der Waals surface area contributed by atoms with Crippen LogP contribution < -0.4 is 15.5 Å². The monoisotopic (exact) mass is 437 g/mol. The smallest absolute Gasteiger partial charge is 0.259 e. The first-order valence-corrected chi connectivity index (χ1v) is 9.57. The number of hydrogen-bond donors (Lipinski definition) is 2. The Morgan fingerprint density at radius 1 is 1.00 bits per heavy atom. The highest BCUT2D eigenvalue weighted by Crippen LogP contribution is 2.19. The van der Waals surface area contributed by atoms with E-state index < -0.39 is 0 Å². The van der Waals surface area contributed by atoms with Crippen molar-refractivity contribution < 1.29 is 9.53 Å². The van der Waals surface area contributed by atoms with E-state index in [1.807, 2.05) is 78.9 Å². The third-order valence-electron chi connectivity index (χ3n) is 3.82. The van der Waals surface area contributed by atoms with E-state index in [0.29, 0.717) is 12.4 Å². The number of amides is 1. The third kappa shape index (κ3) is 6.25. The minimum Gasteiger partial charge on any atom is -0.488 e. The summed E-state index contributed by atoms with van der Waals surface area (Å²) in [6, 6.07) is 25.0. The fraction of sp³-hybridized carbons (Fsp3) is 0.0909. The van der Waals surface area contributed by atoms with E-state index in [2.05, 4.69) is 31.8 Å². The van der Waals surface area contributed by atoms with Crippen molar-refractivity contribution >= 4 is 33.7 Å². The minimum absolute atomic E-state index is 0.141. The molecular weight excluding hydrogens is 418 g/mol. The van der Waals surface area contributed by atoms with Crippen LogP contribution in [0.3, 0.4) is 0 Å². The van der Waals surface area contributed by atoms with Gasteiger partial charge in [-0.3, -0.25) is 4.79 Å². The van der Waals surface area contributed by atoms with E-state index in [-0.39, 0.29) is 12.5 Å². The van der Waals surface area contributed by atoms with Gasteiger partial charge in [-0.25, -0.2) is 5.43 Å². The first kappa shape index (κ1) is 19.6. The molecule has 0 saturated heterocycles. The van der Waals surface area contributed by atoms with E-state index in [9.17, 15) is 4.79 Å². The average Bonchev–Trinajstić information content (AvgIpc) is 2.72. The van der Waals surface area contributed by atoms with Crippen LogP contribution in [0, 0.1) is 0 Å². The predicted molar refractivity (Wildman–Crippen MR) is 116 cm³/mol. The number of halogens is 1. The third-order valence-corrected chi connectivity index (χ3v) is 4.32. The van der Waals surface area contributed by atoms with Crippen molar-refractivity contribution in [3.05, 3.63) is 94.5 Å². The number of rotatable bonds is 8. The zero-order chi connectivity index (χ0) is 19.6. The Morgan fingerprint density at radius 2 is 1.79 bits per heavy atom. The van der Waals surface area contributed by atoms with Crippen molar-refractivity contribution in [2.45, 2.75) is 6.61 Å². The number of hydrazone groups is 1. The Kier molecular flexibility index (Phi) is 7.21. The average molecular weight is 438 g/mol. The Morgan fingerprint density at radius 3 is 2.61 bits per heavy atom. The lowest BCUT2D eigenvalue weighted by atomic mass is 10.2. The standard InChI is InChI=1S/C22H20BrN3O2/c23-19-9-6-7-17(13-19)16-28-21-12-5-4-8-18(21)14-25-26-22(27)15-24-20-10-2-1-3-11-20/h1-14,24H,15-16H2,(H,26,27). The Labute approximate surface area is 172 Å². The topological polar surface area (TPSA) is 62.7 Å². The van der Waals surface area contributed by atoms with E-state index >= 15 is 0 Å². The maximum absolute atomic E-state index is 11.9. The molecule has 0 aliphatic heterocycles. The molecule has 0 aliphatic rings. The van der Waals surface area contributed by atoms with Gasteiger partial charge in [0.05, 0.1) is 12.8 Å². The van der Waals surface area contributed by atoms with Crippen molar-refractivity contribution in [1.29, 1.82) is 0 Å². The normalized spacial score (nSPS) is 10.6. The molecule has 0 saturated carbocycles. The summed E-state index contributed by atoms with van der Waals surface area (Å²) in [7, 11) is 0. The summed E-state index contributed by atoms with van der Waals surface area (Å²) >= 11 is 3.46. The number of carbonyl (C=O) groups is 1. The lowest BCUT2D eigenvalue weighted by Crippen LogP contribution is -2.25.